The molecule has 2 rings (SSSR count). The standard InChI is InChI=1S/C14H21BrN2O2S/c1-3-12-10-17(13(4-2)9-16-12)20(18,19)14-7-5-11(15)6-8-14/h5-8,12-13,16H,3-4,9-10H2,1-2H3. The van der Waals surface area contributed by atoms with Crippen molar-refractivity contribution in [3.05, 3.63) is 28.7 Å². The Morgan fingerprint density at radius 1 is 1.25 bits per heavy atom. The molecule has 0 saturated carbocycles. The highest BCUT2D eigenvalue weighted by Gasteiger charge is 2.35. The van der Waals surface area contributed by atoms with Gasteiger partial charge in [-0.1, -0.05) is 29.8 Å². The maximum atomic E-state index is 12.8. The number of rotatable bonds is 4. The Kier molecular flexibility index (Phi) is 5.23. The van der Waals surface area contributed by atoms with Crippen molar-refractivity contribution in [1.29, 1.82) is 0 Å². The van der Waals surface area contributed by atoms with E-state index >= 15 is 0 Å². The highest BCUT2D eigenvalue weighted by atomic mass is 79.9. The summed E-state index contributed by atoms with van der Waals surface area (Å²) in [6.07, 6.45) is 1.75. The Balaban J connectivity index is 2.32. The molecule has 1 aliphatic heterocycles. The van der Waals surface area contributed by atoms with Crippen molar-refractivity contribution in [1.82, 2.24) is 9.62 Å². The van der Waals surface area contributed by atoms with Crippen LogP contribution in [-0.2, 0) is 10.0 Å². The molecule has 1 aromatic carbocycles. The van der Waals surface area contributed by atoms with Crippen LogP contribution in [0.3, 0.4) is 0 Å². The van der Waals surface area contributed by atoms with Crippen LogP contribution in [0, 0.1) is 0 Å². The van der Waals surface area contributed by atoms with Crippen molar-refractivity contribution in [3.63, 3.8) is 0 Å². The van der Waals surface area contributed by atoms with E-state index in [0.29, 0.717) is 11.4 Å². The van der Waals surface area contributed by atoms with Crippen LogP contribution in [0.1, 0.15) is 26.7 Å². The predicted octanol–water partition coefficient (Wildman–Crippen LogP) is 2.60. The van der Waals surface area contributed by atoms with Gasteiger partial charge in [-0.25, -0.2) is 8.42 Å². The molecule has 1 saturated heterocycles. The van der Waals surface area contributed by atoms with E-state index in [9.17, 15) is 8.42 Å². The fraction of sp³-hybridized carbons (Fsp3) is 0.571. The maximum absolute atomic E-state index is 12.8. The van der Waals surface area contributed by atoms with Gasteiger partial charge in [-0.2, -0.15) is 4.31 Å². The summed E-state index contributed by atoms with van der Waals surface area (Å²) < 4.78 is 28.2. The van der Waals surface area contributed by atoms with E-state index in [0.717, 1.165) is 23.9 Å². The summed E-state index contributed by atoms with van der Waals surface area (Å²) in [5, 5.41) is 3.42. The van der Waals surface area contributed by atoms with E-state index in [1.807, 2.05) is 6.92 Å². The molecular weight excluding hydrogens is 340 g/mol. The first-order valence-electron chi connectivity index (χ1n) is 6.99. The first kappa shape index (κ1) is 15.9. The van der Waals surface area contributed by atoms with Gasteiger partial charge in [0.2, 0.25) is 10.0 Å². The van der Waals surface area contributed by atoms with Gasteiger partial charge in [-0.05, 0) is 37.1 Å². The van der Waals surface area contributed by atoms with Crippen molar-refractivity contribution in [2.75, 3.05) is 13.1 Å². The lowest BCUT2D eigenvalue weighted by atomic mass is 10.1. The molecule has 1 aliphatic rings. The average molecular weight is 361 g/mol. The van der Waals surface area contributed by atoms with Crippen LogP contribution in [0.15, 0.2) is 33.6 Å². The summed E-state index contributed by atoms with van der Waals surface area (Å²) in [4.78, 5) is 0.371. The van der Waals surface area contributed by atoms with E-state index < -0.39 is 10.0 Å². The summed E-state index contributed by atoms with van der Waals surface area (Å²) in [5.74, 6) is 0. The first-order chi connectivity index (χ1) is 9.48. The Morgan fingerprint density at radius 3 is 2.45 bits per heavy atom. The molecule has 1 aromatic rings. The molecule has 20 heavy (non-hydrogen) atoms. The SMILES string of the molecule is CCC1CN(S(=O)(=O)c2ccc(Br)cc2)C(CC)CN1. The molecule has 1 heterocycles. The van der Waals surface area contributed by atoms with Crippen molar-refractivity contribution >= 4 is 26.0 Å². The van der Waals surface area contributed by atoms with Gasteiger partial charge in [0, 0.05) is 29.6 Å². The zero-order valence-electron chi connectivity index (χ0n) is 11.8. The van der Waals surface area contributed by atoms with Gasteiger partial charge in [0.15, 0.2) is 0 Å². The second-order valence-corrected chi connectivity index (χ2v) is 7.91. The number of hydrogen-bond donors (Lipinski definition) is 1. The fourth-order valence-electron chi connectivity index (χ4n) is 2.49. The van der Waals surface area contributed by atoms with Gasteiger partial charge in [0.25, 0.3) is 0 Å². The second kappa shape index (κ2) is 6.56. The van der Waals surface area contributed by atoms with Gasteiger partial charge in [-0.3, -0.25) is 0 Å². The van der Waals surface area contributed by atoms with Crippen LogP contribution in [-0.4, -0.2) is 37.9 Å². The molecule has 0 aliphatic carbocycles. The van der Waals surface area contributed by atoms with Crippen molar-refractivity contribution < 1.29 is 8.42 Å². The number of hydrogen-bond acceptors (Lipinski definition) is 3. The zero-order valence-corrected chi connectivity index (χ0v) is 14.2. The Hall–Kier alpha value is -0.430. The van der Waals surface area contributed by atoms with Crippen LogP contribution in [0.25, 0.3) is 0 Å². The molecule has 4 nitrogen and oxygen atoms in total. The van der Waals surface area contributed by atoms with E-state index in [1.165, 1.54) is 0 Å². The minimum absolute atomic E-state index is 0.0337. The minimum Gasteiger partial charge on any atom is -0.311 e. The topological polar surface area (TPSA) is 49.4 Å². The molecule has 112 valence electrons. The molecule has 0 radical (unpaired) electrons. The van der Waals surface area contributed by atoms with Crippen LogP contribution >= 0.6 is 15.9 Å². The lowest BCUT2D eigenvalue weighted by molar-refractivity contribution is 0.215. The fourth-order valence-corrected chi connectivity index (χ4v) is 4.50. The molecular formula is C14H21BrN2O2S. The lowest BCUT2D eigenvalue weighted by Crippen LogP contribution is -2.57. The summed E-state index contributed by atoms with van der Waals surface area (Å²) >= 11 is 3.34. The molecule has 0 amide bonds. The summed E-state index contributed by atoms with van der Waals surface area (Å²) in [5.41, 5.74) is 0. The second-order valence-electron chi connectivity index (χ2n) is 5.10. The number of halogens is 1. The molecule has 2 atom stereocenters. The quantitative estimate of drug-likeness (QED) is 0.897. The van der Waals surface area contributed by atoms with Crippen LogP contribution in [0.4, 0.5) is 0 Å². The van der Waals surface area contributed by atoms with Crippen molar-refractivity contribution in [2.24, 2.45) is 0 Å². The van der Waals surface area contributed by atoms with Crippen LogP contribution in [0.2, 0.25) is 0 Å². The Labute approximate surface area is 129 Å². The maximum Gasteiger partial charge on any atom is 0.243 e. The number of piperazine rings is 1. The third kappa shape index (κ3) is 3.24. The zero-order chi connectivity index (χ0) is 14.8. The lowest BCUT2D eigenvalue weighted by Gasteiger charge is -2.38. The van der Waals surface area contributed by atoms with Gasteiger partial charge in [0.1, 0.15) is 0 Å². The Bertz CT molecular complexity index is 545. The van der Waals surface area contributed by atoms with Crippen LogP contribution in [0.5, 0.6) is 0 Å². The number of sulfonamides is 1. The van der Waals surface area contributed by atoms with E-state index in [4.69, 9.17) is 0 Å². The molecule has 0 spiro atoms. The minimum atomic E-state index is -3.41. The van der Waals surface area contributed by atoms with Gasteiger partial charge in [0.05, 0.1) is 4.90 Å². The van der Waals surface area contributed by atoms with Gasteiger partial charge < -0.3 is 5.32 Å². The normalized spacial score (nSPS) is 24.8. The third-order valence-electron chi connectivity index (χ3n) is 3.83. The smallest absolute Gasteiger partial charge is 0.243 e. The Morgan fingerprint density at radius 2 is 1.90 bits per heavy atom. The molecule has 0 bridgehead atoms. The van der Waals surface area contributed by atoms with Crippen molar-refractivity contribution in [2.45, 2.75) is 43.7 Å². The summed E-state index contributed by atoms with van der Waals surface area (Å²) in [6, 6.07) is 7.14. The highest BCUT2D eigenvalue weighted by Crippen LogP contribution is 2.24. The molecule has 2 unspecified atom stereocenters. The summed E-state index contributed by atoms with van der Waals surface area (Å²) in [7, 11) is -3.41. The van der Waals surface area contributed by atoms with E-state index in [-0.39, 0.29) is 12.1 Å². The highest BCUT2D eigenvalue weighted by molar-refractivity contribution is 9.10. The molecule has 1 fully saturated rings. The average Bonchev–Trinajstić information content (AvgIpc) is 2.47. The molecule has 1 N–H and O–H groups in total. The van der Waals surface area contributed by atoms with Gasteiger partial charge in [-0.15, -0.1) is 0 Å². The van der Waals surface area contributed by atoms with Crippen molar-refractivity contribution in [3.8, 4) is 0 Å². The van der Waals surface area contributed by atoms with Gasteiger partial charge >= 0.3 is 0 Å². The van der Waals surface area contributed by atoms with E-state index in [2.05, 4.69) is 28.2 Å². The summed E-state index contributed by atoms with van der Waals surface area (Å²) in [6.45, 7) is 5.38. The number of benzene rings is 1. The van der Waals surface area contributed by atoms with E-state index in [1.54, 1.807) is 28.6 Å². The number of nitrogens with one attached hydrogen (secondary N) is 1. The number of nitrogens with zero attached hydrogens (tertiary/aromatic N) is 1. The molecule has 0 aromatic heterocycles. The van der Waals surface area contributed by atoms with Crippen LogP contribution < -0.4 is 5.32 Å². The molecule has 6 heteroatoms. The first-order valence-corrected chi connectivity index (χ1v) is 9.23. The monoisotopic (exact) mass is 360 g/mol. The largest absolute Gasteiger partial charge is 0.311 e. The third-order valence-corrected chi connectivity index (χ3v) is 6.30. The predicted molar refractivity (Wildman–Crippen MR) is 84.2 cm³/mol.